The summed E-state index contributed by atoms with van der Waals surface area (Å²) in [5, 5.41) is 0. The molecule has 0 aromatic carbocycles. The maximum absolute atomic E-state index is 4.06. The monoisotopic (exact) mass is 262 g/mol. The van der Waals surface area contributed by atoms with Gasteiger partial charge in [-0.1, -0.05) is 27.7 Å². The third-order valence-corrected chi connectivity index (χ3v) is 1.61. The molecule has 2 heterocycles. The van der Waals surface area contributed by atoms with Gasteiger partial charge in [-0.2, -0.15) is 0 Å². The van der Waals surface area contributed by atoms with Crippen molar-refractivity contribution in [3.8, 4) is 0 Å². The van der Waals surface area contributed by atoms with Crippen molar-refractivity contribution in [2.75, 3.05) is 0 Å². The predicted octanol–water partition coefficient (Wildman–Crippen LogP) is 3.93. The van der Waals surface area contributed by atoms with E-state index in [9.17, 15) is 0 Å². The zero-order valence-electron chi connectivity index (χ0n) is 13.2. The first-order chi connectivity index (χ1) is 9.18. The molecular formula is C15H26N4. The van der Waals surface area contributed by atoms with Gasteiger partial charge in [0.25, 0.3) is 0 Å². The van der Waals surface area contributed by atoms with Gasteiger partial charge in [0.05, 0.1) is 5.69 Å². The Bertz CT molecular complexity index is 385. The fraction of sp³-hybridized carbons (Fsp3) is 0.467. The highest BCUT2D eigenvalue weighted by atomic mass is 14.9. The van der Waals surface area contributed by atoms with Gasteiger partial charge < -0.3 is 0 Å². The van der Waals surface area contributed by atoms with Crippen LogP contribution in [0.15, 0.2) is 30.9 Å². The summed E-state index contributed by atoms with van der Waals surface area (Å²) in [5.74, 6) is 0.838. The summed E-state index contributed by atoms with van der Waals surface area (Å²) in [6.07, 6.45) is 6.82. The summed E-state index contributed by atoms with van der Waals surface area (Å²) in [6.45, 7) is 13.7. The summed E-state index contributed by atoms with van der Waals surface area (Å²) >= 11 is 0. The second-order valence-electron chi connectivity index (χ2n) is 3.09. The zero-order chi connectivity index (χ0) is 15.1. The molecule has 0 aliphatic heterocycles. The first-order valence-corrected chi connectivity index (χ1v) is 6.67. The van der Waals surface area contributed by atoms with Crippen molar-refractivity contribution in [2.45, 2.75) is 48.5 Å². The quantitative estimate of drug-likeness (QED) is 0.721. The molecular weight excluding hydrogens is 236 g/mol. The third kappa shape index (κ3) is 12.4. The Balaban J connectivity index is 0. The lowest BCUT2D eigenvalue weighted by Crippen LogP contribution is -1.86. The van der Waals surface area contributed by atoms with Crippen molar-refractivity contribution in [1.29, 1.82) is 0 Å². The van der Waals surface area contributed by atoms with E-state index in [4.69, 9.17) is 0 Å². The van der Waals surface area contributed by atoms with Crippen LogP contribution < -0.4 is 0 Å². The minimum atomic E-state index is 0.838. The lowest BCUT2D eigenvalue weighted by Gasteiger charge is -1.89. The van der Waals surface area contributed by atoms with Crippen molar-refractivity contribution in [3.63, 3.8) is 0 Å². The molecule has 0 unspecified atom stereocenters. The van der Waals surface area contributed by atoms with Gasteiger partial charge in [-0.25, -0.2) is 9.97 Å². The van der Waals surface area contributed by atoms with E-state index in [-0.39, 0.29) is 0 Å². The van der Waals surface area contributed by atoms with E-state index in [0.29, 0.717) is 0 Å². The van der Waals surface area contributed by atoms with E-state index in [2.05, 4.69) is 19.9 Å². The molecule has 0 saturated heterocycles. The molecule has 0 fully saturated rings. The van der Waals surface area contributed by atoms with Crippen LogP contribution >= 0.6 is 0 Å². The van der Waals surface area contributed by atoms with Crippen LogP contribution in [0.2, 0.25) is 0 Å². The molecule has 106 valence electrons. The van der Waals surface area contributed by atoms with Crippen LogP contribution in [0.5, 0.6) is 0 Å². The molecule has 2 rings (SSSR count). The third-order valence-electron chi connectivity index (χ3n) is 1.61. The summed E-state index contributed by atoms with van der Waals surface area (Å²) in [6, 6.07) is 1.88. The maximum atomic E-state index is 4.06. The number of hydrogen-bond donors (Lipinski definition) is 0. The van der Waals surface area contributed by atoms with E-state index in [1.54, 1.807) is 24.8 Å². The Morgan fingerprint density at radius 1 is 0.737 bits per heavy atom. The standard InChI is InChI=1S/C6H8N2.C5H6N2.2C2H6/c1-5-3-4-7-6(2)8-5;1-5-4-6-2-3-7-5;2*1-2/h3-4H,1-2H3;2-4H,1H3;2*1-2H3. The van der Waals surface area contributed by atoms with Crippen LogP contribution in [0.3, 0.4) is 0 Å². The predicted molar refractivity (Wildman–Crippen MR) is 81.0 cm³/mol. The van der Waals surface area contributed by atoms with E-state index >= 15 is 0 Å². The molecule has 0 aliphatic carbocycles. The zero-order valence-corrected chi connectivity index (χ0v) is 13.2. The Labute approximate surface area is 117 Å². The minimum Gasteiger partial charge on any atom is -0.261 e. The molecule has 0 aliphatic rings. The molecule has 2 aromatic rings. The van der Waals surface area contributed by atoms with Gasteiger partial charge in [-0.3, -0.25) is 9.97 Å². The topological polar surface area (TPSA) is 51.6 Å². The average molecular weight is 262 g/mol. The van der Waals surface area contributed by atoms with Crippen LogP contribution in [0.1, 0.15) is 44.9 Å². The number of aromatic nitrogens is 4. The molecule has 0 spiro atoms. The van der Waals surface area contributed by atoms with Gasteiger partial charge >= 0.3 is 0 Å². The second kappa shape index (κ2) is 14.2. The lowest BCUT2D eigenvalue weighted by atomic mass is 10.4. The molecule has 0 atom stereocenters. The van der Waals surface area contributed by atoms with Crippen LogP contribution in [0.25, 0.3) is 0 Å². The van der Waals surface area contributed by atoms with Gasteiger partial charge in [-0.15, -0.1) is 0 Å². The van der Waals surface area contributed by atoms with Crippen molar-refractivity contribution < 1.29 is 0 Å². The number of nitrogens with zero attached hydrogens (tertiary/aromatic N) is 4. The van der Waals surface area contributed by atoms with E-state index < -0.39 is 0 Å². The number of hydrogen-bond acceptors (Lipinski definition) is 4. The van der Waals surface area contributed by atoms with Gasteiger partial charge in [0.2, 0.25) is 0 Å². The van der Waals surface area contributed by atoms with Crippen LogP contribution in [0, 0.1) is 20.8 Å². The average Bonchev–Trinajstić information content (AvgIpc) is 2.44. The highest BCUT2D eigenvalue weighted by Gasteiger charge is 1.83. The molecule has 0 N–H and O–H groups in total. The highest BCUT2D eigenvalue weighted by molar-refractivity contribution is 4.97. The first-order valence-electron chi connectivity index (χ1n) is 6.67. The molecule has 2 aromatic heterocycles. The highest BCUT2D eigenvalue weighted by Crippen LogP contribution is 1.88. The Morgan fingerprint density at radius 3 is 1.63 bits per heavy atom. The molecule has 4 nitrogen and oxygen atoms in total. The molecule has 0 radical (unpaired) electrons. The molecule has 0 saturated carbocycles. The van der Waals surface area contributed by atoms with Gasteiger partial charge in [0, 0.05) is 30.5 Å². The van der Waals surface area contributed by atoms with E-state index in [1.807, 2.05) is 54.5 Å². The number of rotatable bonds is 0. The van der Waals surface area contributed by atoms with Crippen LogP contribution in [-0.4, -0.2) is 19.9 Å². The summed E-state index contributed by atoms with van der Waals surface area (Å²) in [7, 11) is 0. The largest absolute Gasteiger partial charge is 0.261 e. The Morgan fingerprint density at radius 2 is 1.37 bits per heavy atom. The van der Waals surface area contributed by atoms with Crippen LogP contribution in [-0.2, 0) is 0 Å². The fourth-order valence-corrected chi connectivity index (χ4v) is 0.948. The molecule has 4 heteroatoms. The summed E-state index contributed by atoms with van der Waals surface area (Å²) in [4.78, 5) is 15.7. The minimum absolute atomic E-state index is 0.838. The Kier molecular flexibility index (Phi) is 14.6. The van der Waals surface area contributed by atoms with Crippen molar-refractivity contribution in [1.82, 2.24) is 19.9 Å². The molecule has 0 bridgehead atoms. The molecule has 0 amide bonds. The van der Waals surface area contributed by atoms with Gasteiger partial charge in [-0.05, 0) is 26.8 Å². The van der Waals surface area contributed by atoms with Crippen LogP contribution in [0.4, 0.5) is 0 Å². The number of aryl methyl sites for hydroxylation is 3. The van der Waals surface area contributed by atoms with E-state index in [1.165, 1.54) is 0 Å². The maximum Gasteiger partial charge on any atom is 0.125 e. The fourth-order valence-electron chi connectivity index (χ4n) is 0.948. The van der Waals surface area contributed by atoms with E-state index in [0.717, 1.165) is 17.2 Å². The van der Waals surface area contributed by atoms with Crippen molar-refractivity contribution in [3.05, 3.63) is 48.1 Å². The smallest absolute Gasteiger partial charge is 0.125 e. The Hall–Kier alpha value is -1.84. The van der Waals surface area contributed by atoms with Crippen molar-refractivity contribution in [2.24, 2.45) is 0 Å². The van der Waals surface area contributed by atoms with Crippen molar-refractivity contribution >= 4 is 0 Å². The normalized spacial score (nSPS) is 7.74. The lowest BCUT2D eigenvalue weighted by molar-refractivity contribution is 1.01. The summed E-state index contributed by atoms with van der Waals surface area (Å²) < 4.78 is 0. The first kappa shape index (κ1) is 19.5. The summed E-state index contributed by atoms with van der Waals surface area (Å²) in [5.41, 5.74) is 1.99. The van der Waals surface area contributed by atoms with Gasteiger partial charge in [0.15, 0.2) is 0 Å². The van der Waals surface area contributed by atoms with Gasteiger partial charge in [0.1, 0.15) is 5.82 Å². The SMILES string of the molecule is CC.CC.Cc1ccnc(C)n1.Cc1cnccn1. The second-order valence-corrected chi connectivity index (χ2v) is 3.09. The molecule has 19 heavy (non-hydrogen) atoms.